The van der Waals surface area contributed by atoms with Crippen LogP contribution in [0.4, 0.5) is 0 Å². The molecule has 3 amide bonds. The highest BCUT2D eigenvalue weighted by atomic mass is 32.2. The summed E-state index contributed by atoms with van der Waals surface area (Å²) in [7, 11) is -4.77. The van der Waals surface area contributed by atoms with E-state index in [9.17, 15) is 27.6 Å². The maximum absolute atomic E-state index is 12.4. The molecule has 2 N–H and O–H groups in total. The van der Waals surface area contributed by atoms with Crippen LogP contribution in [0.25, 0.3) is 0 Å². The first-order chi connectivity index (χ1) is 17.6. The van der Waals surface area contributed by atoms with Crippen molar-refractivity contribution in [1.29, 1.82) is 0 Å². The van der Waals surface area contributed by atoms with Crippen molar-refractivity contribution in [1.82, 2.24) is 15.4 Å². The minimum atomic E-state index is -4.77. The lowest BCUT2D eigenvalue weighted by Gasteiger charge is -2.13. The molecule has 2 atom stereocenters. The topological polar surface area (TPSA) is 160 Å². The molecular formula is C24H27N3O8S2. The van der Waals surface area contributed by atoms with Crippen molar-refractivity contribution in [2.24, 2.45) is 0 Å². The van der Waals surface area contributed by atoms with Gasteiger partial charge in [0.15, 0.2) is 5.25 Å². The Balaban J connectivity index is 1.33. The number of hydrogen-bond acceptors (Lipinski definition) is 9. The third kappa shape index (κ3) is 8.10. The highest BCUT2D eigenvalue weighted by Crippen LogP contribution is 2.33. The van der Waals surface area contributed by atoms with Crippen molar-refractivity contribution in [3.8, 4) is 0 Å². The van der Waals surface area contributed by atoms with Crippen LogP contribution in [0.1, 0.15) is 60.2 Å². The van der Waals surface area contributed by atoms with E-state index in [2.05, 4.69) is 22.1 Å². The fourth-order valence-corrected chi connectivity index (χ4v) is 5.14. The summed E-state index contributed by atoms with van der Waals surface area (Å²) in [6, 6.07) is 13.1. The van der Waals surface area contributed by atoms with Gasteiger partial charge in [-0.05, 0) is 49.6 Å². The SMILES string of the molecule is CC(Sc1ccccn1)c1ccc(C(=O)NCCCCCC(=O)ON2C(=O)CC(S(=O)(=O)O)C2=O)cc1. The zero-order chi connectivity index (χ0) is 27.0. The van der Waals surface area contributed by atoms with Gasteiger partial charge in [0.2, 0.25) is 0 Å². The predicted octanol–water partition coefficient (Wildman–Crippen LogP) is 2.70. The number of carbonyl (C=O) groups excluding carboxylic acids is 4. The third-order valence-electron chi connectivity index (χ3n) is 5.54. The van der Waals surface area contributed by atoms with E-state index in [0.717, 1.165) is 10.6 Å². The Morgan fingerprint density at radius 3 is 2.51 bits per heavy atom. The van der Waals surface area contributed by atoms with Crippen molar-refractivity contribution in [3.63, 3.8) is 0 Å². The minimum Gasteiger partial charge on any atom is -0.352 e. The number of carbonyl (C=O) groups is 4. The molecule has 1 aliphatic rings. The molecule has 0 saturated carbocycles. The molecule has 0 aliphatic carbocycles. The predicted molar refractivity (Wildman–Crippen MR) is 134 cm³/mol. The van der Waals surface area contributed by atoms with Crippen LogP contribution < -0.4 is 5.32 Å². The van der Waals surface area contributed by atoms with E-state index in [1.165, 1.54) is 0 Å². The van der Waals surface area contributed by atoms with E-state index in [1.807, 2.05) is 30.3 Å². The Bertz CT molecular complexity index is 1240. The van der Waals surface area contributed by atoms with Gasteiger partial charge in [-0.3, -0.25) is 18.9 Å². The molecule has 3 rings (SSSR count). The second-order valence-corrected chi connectivity index (χ2v) is 11.3. The van der Waals surface area contributed by atoms with Gasteiger partial charge in [0.1, 0.15) is 0 Å². The van der Waals surface area contributed by atoms with Gasteiger partial charge in [0, 0.05) is 30.0 Å². The Kier molecular flexibility index (Phi) is 9.78. The van der Waals surface area contributed by atoms with Gasteiger partial charge < -0.3 is 10.2 Å². The van der Waals surface area contributed by atoms with Crippen molar-refractivity contribution in [2.75, 3.05) is 6.54 Å². The van der Waals surface area contributed by atoms with Crippen LogP contribution in [0.3, 0.4) is 0 Å². The van der Waals surface area contributed by atoms with Gasteiger partial charge in [0.25, 0.3) is 27.8 Å². The lowest BCUT2D eigenvalue weighted by molar-refractivity contribution is -0.197. The number of imide groups is 1. The zero-order valence-corrected chi connectivity index (χ0v) is 21.7. The number of aromatic nitrogens is 1. The van der Waals surface area contributed by atoms with Gasteiger partial charge >= 0.3 is 5.97 Å². The van der Waals surface area contributed by atoms with Gasteiger partial charge in [-0.2, -0.15) is 8.42 Å². The number of thioether (sulfide) groups is 1. The van der Waals surface area contributed by atoms with Crippen molar-refractivity contribution in [2.45, 2.75) is 54.6 Å². The first-order valence-corrected chi connectivity index (χ1v) is 13.9. The molecule has 1 aromatic carbocycles. The molecule has 0 radical (unpaired) electrons. The molecule has 2 unspecified atom stereocenters. The fraction of sp³-hybridized carbons (Fsp3) is 0.375. The van der Waals surface area contributed by atoms with E-state index in [0.29, 0.717) is 31.4 Å². The van der Waals surface area contributed by atoms with Crippen LogP contribution in [0.5, 0.6) is 0 Å². The fourth-order valence-electron chi connectivity index (χ4n) is 3.51. The first kappa shape index (κ1) is 28.3. The summed E-state index contributed by atoms with van der Waals surface area (Å²) < 4.78 is 31.2. The van der Waals surface area contributed by atoms with E-state index < -0.39 is 39.6 Å². The average molecular weight is 550 g/mol. The first-order valence-electron chi connectivity index (χ1n) is 11.6. The van der Waals surface area contributed by atoms with E-state index in [-0.39, 0.29) is 22.6 Å². The summed E-state index contributed by atoms with van der Waals surface area (Å²) in [4.78, 5) is 56.8. The largest absolute Gasteiger partial charge is 0.352 e. The molecule has 1 saturated heterocycles. The van der Waals surface area contributed by atoms with Crippen molar-refractivity contribution >= 4 is 45.6 Å². The number of rotatable bonds is 12. The summed E-state index contributed by atoms with van der Waals surface area (Å²) >= 11 is 1.63. The molecule has 0 spiro atoms. The summed E-state index contributed by atoms with van der Waals surface area (Å²) in [5.41, 5.74) is 1.61. The Morgan fingerprint density at radius 2 is 1.89 bits per heavy atom. The quantitative estimate of drug-likeness (QED) is 0.174. The van der Waals surface area contributed by atoms with Crippen molar-refractivity contribution < 1.29 is 37.0 Å². The molecule has 2 aromatic rings. The van der Waals surface area contributed by atoms with E-state index >= 15 is 0 Å². The smallest absolute Gasteiger partial charge is 0.333 e. The second kappa shape index (κ2) is 12.8. The molecule has 13 heteroatoms. The lowest BCUT2D eigenvalue weighted by atomic mass is 10.1. The molecule has 1 aromatic heterocycles. The van der Waals surface area contributed by atoms with E-state index in [4.69, 9.17) is 4.55 Å². The van der Waals surface area contributed by atoms with Gasteiger partial charge in [-0.25, -0.2) is 9.78 Å². The van der Waals surface area contributed by atoms with Crippen LogP contribution in [-0.4, -0.2) is 58.5 Å². The van der Waals surface area contributed by atoms with Crippen LogP contribution in [0.2, 0.25) is 0 Å². The normalized spacial score (nSPS) is 16.5. The highest BCUT2D eigenvalue weighted by Gasteiger charge is 2.48. The number of nitrogens with zero attached hydrogens (tertiary/aromatic N) is 2. The Morgan fingerprint density at radius 1 is 1.16 bits per heavy atom. The molecule has 1 aliphatic heterocycles. The maximum atomic E-state index is 12.4. The third-order valence-corrected chi connectivity index (χ3v) is 7.73. The number of pyridine rings is 1. The molecule has 1 fully saturated rings. The number of nitrogens with one attached hydrogen (secondary N) is 1. The van der Waals surface area contributed by atoms with E-state index in [1.54, 1.807) is 30.1 Å². The van der Waals surface area contributed by atoms with Gasteiger partial charge in [0.05, 0.1) is 11.4 Å². The van der Waals surface area contributed by atoms with Crippen LogP contribution in [-0.2, 0) is 29.3 Å². The number of hydrogen-bond donors (Lipinski definition) is 2. The summed E-state index contributed by atoms with van der Waals surface area (Å²) in [5, 5.41) is 2.04. The molecule has 198 valence electrons. The Labute approximate surface area is 218 Å². The zero-order valence-electron chi connectivity index (χ0n) is 20.0. The summed E-state index contributed by atoms with van der Waals surface area (Å²) in [6.45, 7) is 2.46. The summed E-state index contributed by atoms with van der Waals surface area (Å²) in [5.74, 6) is -3.40. The Hall–Kier alpha value is -3.29. The van der Waals surface area contributed by atoms with Crippen LogP contribution >= 0.6 is 11.8 Å². The maximum Gasteiger partial charge on any atom is 0.333 e. The standard InChI is InChI=1S/C24H27N3O8S2/c1-16(36-20-7-4-6-13-25-20)17-9-11-18(12-10-17)23(30)26-14-5-2-3-8-22(29)35-27-21(28)15-19(24(27)31)37(32,33)34/h4,6-7,9-13,16,19H,2-3,5,8,14-15H2,1H3,(H,26,30)(H,32,33,34). The van der Waals surface area contributed by atoms with Crippen molar-refractivity contribution in [3.05, 3.63) is 59.8 Å². The second-order valence-electron chi connectivity index (χ2n) is 8.31. The molecule has 37 heavy (non-hydrogen) atoms. The highest BCUT2D eigenvalue weighted by molar-refractivity contribution is 7.99. The lowest BCUT2D eigenvalue weighted by Crippen LogP contribution is -2.36. The monoisotopic (exact) mass is 549 g/mol. The number of amides is 3. The van der Waals surface area contributed by atoms with Gasteiger partial charge in [-0.15, -0.1) is 5.06 Å². The molecular weight excluding hydrogens is 522 g/mol. The van der Waals surface area contributed by atoms with Crippen LogP contribution in [0, 0.1) is 0 Å². The molecule has 2 heterocycles. The number of unbranched alkanes of at least 4 members (excludes halogenated alkanes) is 2. The van der Waals surface area contributed by atoms with Gasteiger partial charge in [-0.1, -0.05) is 36.4 Å². The molecule has 11 nitrogen and oxygen atoms in total. The summed E-state index contributed by atoms with van der Waals surface area (Å²) in [6.07, 6.45) is 2.37. The average Bonchev–Trinajstić information content (AvgIpc) is 3.15. The minimum absolute atomic E-state index is 0.0876. The van der Waals surface area contributed by atoms with Crippen LogP contribution in [0.15, 0.2) is 53.7 Å². The number of benzene rings is 1. The molecule has 0 bridgehead atoms. The number of hydroxylamine groups is 2.